The fourth-order valence-corrected chi connectivity index (χ4v) is 2.62. The van der Waals surface area contributed by atoms with Gasteiger partial charge in [-0.1, -0.05) is 19.1 Å². The molecule has 0 aliphatic heterocycles. The molecule has 21 heavy (non-hydrogen) atoms. The molecular formula is C17H23N3O. The van der Waals surface area contributed by atoms with Crippen LogP contribution in [0.4, 0.5) is 17.1 Å². The highest BCUT2D eigenvalue weighted by molar-refractivity contribution is 5.78. The zero-order valence-corrected chi connectivity index (χ0v) is 13.4. The molecule has 0 unspecified atom stereocenters. The number of nitrogens with one attached hydrogen (secondary N) is 2. The lowest BCUT2D eigenvalue weighted by atomic mass is 10.1. The van der Waals surface area contributed by atoms with Gasteiger partial charge in [-0.2, -0.15) is 0 Å². The van der Waals surface area contributed by atoms with Crippen molar-refractivity contribution in [2.75, 3.05) is 24.3 Å². The van der Waals surface area contributed by atoms with Crippen molar-refractivity contribution in [1.82, 2.24) is 4.98 Å². The number of pyridine rings is 1. The highest BCUT2D eigenvalue weighted by atomic mass is 16.1. The summed E-state index contributed by atoms with van der Waals surface area (Å²) < 4.78 is 0. The van der Waals surface area contributed by atoms with Crippen LogP contribution in [0, 0.1) is 13.8 Å². The van der Waals surface area contributed by atoms with Gasteiger partial charge >= 0.3 is 0 Å². The molecule has 0 atom stereocenters. The average Bonchev–Trinajstić information content (AvgIpc) is 2.38. The van der Waals surface area contributed by atoms with Gasteiger partial charge in [0.25, 0.3) is 5.56 Å². The number of aromatic amines is 1. The maximum Gasteiger partial charge on any atom is 0.273 e. The van der Waals surface area contributed by atoms with Crippen molar-refractivity contribution in [3.63, 3.8) is 0 Å². The van der Waals surface area contributed by atoms with Crippen LogP contribution in [-0.2, 0) is 6.42 Å². The van der Waals surface area contributed by atoms with Gasteiger partial charge in [0.2, 0.25) is 0 Å². The summed E-state index contributed by atoms with van der Waals surface area (Å²) in [5.41, 5.74) is 5.74. The monoisotopic (exact) mass is 285 g/mol. The minimum atomic E-state index is -0.0650. The Labute approximate surface area is 125 Å². The van der Waals surface area contributed by atoms with Crippen LogP contribution in [0.1, 0.15) is 23.7 Å². The smallest absolute Gasteiger partial charge is 0.273 e. The fourth-order valence-electron chi connectivity index (χ4n) is 2.62. The lowest BCUT2D eigenvalue weighted by molar-refractivity contribution is 0.999. The van der Waals surface area contributed by atoms with Gasteiger partial charge < -0.3 is 15.2 Å². The van der Waals surface area contributed by atoms with Crippen LogP contribution < -0.4 is 15.8 Å². The van der Waals surface area contributed by atoms with Crippen molar-refractivity contribution in [2.45, 2.75) is 27.2 Å². The first-order valence-corrected chi connectivity index (χ1v) is 7.20. The first-order chi connectivity index (χ1) is 9.93. The summed E-state index contributed by atoms with van der Waals surface area (Å²) in [7, 11) is 3.78. The molecule has 1 heterocycles. The molecule has 0 amide bonds. The van der Waals surface area contributed by atoms with Crippen molar-refractivity contribution in [2.24, 2.45) is 0 Å². The number of rotatable bonds is 4. The first kappa shape index (κ1) is 15.2. The summed E-state index contributed by atoms with van der Waals surface area (Å²) in [5.74, 6) is 0. The van der Waals surface area contributed by atoms with Crippen molar-refractivity contribution in [3.05, 3.63) is 51.4 Å². The van der Waals surface area contributed by atoms with E-state index in [1.165, 1.54) is 5.56 Å². The van der Waals surface area contributed by atoms with Crippen LogP contribution in [0.25, 0.3) is 0 Å². The van der Waals surface area contributed by atoms with Crippen LogP contribution in [-0.4, -0.2) is 19.1 Å². The maximum absolute atomic E-state index is 12.3. The van der Waals surface area contributed by atoms with Gasteiger partial charge in [0.05, 0.1) is 5.69 Å². The topological polar surface area (TPSA) is 48.1 Å². The number of nitrogens with zero attached hydrogens (tertiary/aromatic N) is 1. The van der Waals surface area contributed by atoms with Gasteiger partial charge in [0.1, 0.15) is 5.69 Å². The Morgan fingerprint density at radius 3 is 2.52 bits per heavy atom. The Morgan fingerprint density at radius 1 is 1.24 bits per heavy atom. The maximum atomic E-state index is 12.3. The van der Waals surface area contributed by atoms with Gasteiger partial charge in [0.15, 0.2) is 0 Å². The average molecular weight is 285 g/mol. The van der Waals surface area contributed by atoms with Gasteiger partial charge in [0, 0.05) is 25.5 Å². The lowest BCUT2D eigenvalue weighted by Gasteiger charge is -2.22. The lowest BCUT2D eigenvalue weighted by Crippen LogP contribution is -2.24. The van der Waals surface area contributed by atoms with Gasteiger partial charge in [-0.3, -0.25) is 4.79 Å². The van der Waals surface area contributed by atoms with Gasteiger partial charge in [-0.15, -0.1) is 0 Å². The highest BCUT2D eigenvalue weighted by Gasteiger charge is 2.16. The quantitative estimate of drug-likeness (QED) is 0.905. The zero-order chi connectivity index (χ0) is 15.6. The SMILES string of the molecule is CCc1c(C)[nH]c(=O)c(N(C)C)c1Nc1cccc(C)c1. The zero-order valence-electron chi connectivity index (χ0n) is 13.4. The van der Waals surface area contributed by atoms with Crippen LogP contribution in [0.15, 0.2) is 29.1 Å². The van der Waals surface area contributed by atoms with Gasteiger partial charge in [-0.25, -0.2) is 0 Å². The van der Waals surface area contributed by atoms with E-state index >= 15 is 0 Å². The Morgan fingerprint density at radius 2 is 1.95 bits per heavy atom. The van der Waals surface area contributed by atoms with Crippen LogP contribution in [0.5, 0.6) is 0 Å². The largest absolute Gasteiger partial charge is 0.372 e. The molecule has 2 rings (SSSR count). The molecule has 0 saturated carbocycles. The fraction of sp³-hybridized carbons (Fsp3) is 0.353. The molecule has 112 valence electrons. The summed E-state index contributed by atoms with van der Waals surface area (Å²) in [4.78, 5) is 17.1. The van der Waals surface area contributed by atoms with Crippen molar-refractivity contribution < 1.29 is 0 Å². The molecule has 0 bridgehead atoms. The molecular weight excluding hydrogens is 262 g/mol. The molecule has 0 aliphatic carbocycles. The molecule has 4 nitrogen and oxygen atoms in total. The molecule has 1 aromatic heterocycles. The molecule has 1 aromatic carbocycles. The van der Waals surface area contributed by atoms with E-state index in [9.17, 15) is 4.79 Å². The standard InChI is InChI=1S/C17H23N3O/c1-6-14-12(3)18-17(21)16(20(4)5)15(14)19-13-9-7-8-11(2)10-13/h7-10H,6H2,1-5H3,(H2,18,19,21). The minimum absolute atomic E-state index is 0.0650. The van der Waals surface area contributed by atoms with E-state index in [4.69, 9.17) is 0 Å². The summed E-state index contributed by atoms with van der Waals surface area (Å²) in [6.07, 6.45) is 0.859. The van der Waals surface area contributed by atoms with E-state index < -0.39 is 0 Å². The molecule has 0 radical (unpaired) electrons. The molecule has 2 aromatic rings. The molecule has 0 saturated heterocycles. The third-order valence-electron chi connectivity index (χ3n) is 3.60. The second kappa shape index (κ2) is 6.04. The summed E-state index contributed by atoms with van der Waals surface area (Å²) in [6, 6.07) is 8.16. The van der Waals surface area contributed by atoms with Crippen LogP contribution in [0.2, 0.25) is 0 Å². The number of hydrogen-bond donors (Lipinski definition) is 2. The number of aryl methyl sites for hydroxylation is 2. The molecule has 4 heteroatoms. The molecule has 0 fully saturated rings. The second-order valence-corrected chi connectivity index (χ2v) is 5.52. The Bertz CT molecular complexity index is 702. The minimum Gasteiger partial charge on any atom is -0.372 e. The molecule has 0 spiro atoms. The number of benzene rings is 1. The predicted octanol–water partition coefficient (Wildman–Crippen LogP) is 3.36. The highest BCUT2D eigenvalue weighted by Crippen LogP contribution is 2.30. The van der Waals surface area contributed by atoms with Crippen LogP contribution >= 0.6 is 0 Å². The predicted molar refractivity (Wildman–Crippen MR) is 90.0 cm³/mol. The van der Waals surface area contributed by atoms with Crippen LogP contribution in [0.3, 0.4) is 0 Å². The second-order valence-electron chi connectivity index (χ2n) is 5.52. The number of hydrogen-bond acceptors (Lipinski definition) is 3. The Hall–Kier alpha value is -2.23. The molecule has 2 N–H and O–H groups in total. The van der Waals surface area contributed by atoms with E-state index in [2.05, 4.69) is 36.3 Å². The van der Waals surface area contributed by atoms with E-state index in [0.717, 1.165) is 29.1 Å². The number of aromatic nitrogens is 1. The van der Waals surface area contributed by atoms with E-state index in [0.29, 0.717) is 5.69 Å². The Balaban J connectivity index is 2.62. The summed E-state index contributed by atoms with van der Waals surface area (Å²) in [5, 5.41) is 3.43. The van der Waals surface area contributed by atoms with E-state index in [-0.39, 0.29) is 5.56 Å². The molecule has 0 aliphatic rings. The van der Waals surface area contributed by atoms with E-state index in [1.54, 1.807) is 0 Å². The van der Waals surface area contributed by atoms with Crippen molar-refractivity contribution in [3.8, 4) is 0 Å². The Kier molecular flexibility index (Phi) is 4.36. The number of anilines is 3. The number of H-pyrrole nitrogens is 1. The third kappa shape index (κ3) is 3.10. The van der Waals surface area contributed by atoms with Gasteiger partial charge in [-0.05, 0) is 43.5 Å². The van der Waals surface area contributed by atoms with Crippen molar-refractivity contribution in [1.29, 1.82) is 0 Å². The van der Waals surface area contributed by atoms with Crippen molar-refractivity contribution >= 4 is 17.1 Å². The third-order valence-corrected chi connectivity index (χ3v) is 3.60. The summed E-state index contributed by atoms with van der Waals surface area (Å²) >= 11 is 0. The van der Waals surface area contributed by atoms with E-state index in [1.807, 2.05) is 38.1 Å². The summed E-state index contributed by atoms with van der Waals surface area (Å²) in [6.45, 7) is 6.10. The first-order valence-electron chi connectivity index (χ1n) is 7.20. The normalized spacial score (nSPS) is 10.5.